The predicted molar refractivity (Wildman–Crippen MR) is 134 cm³/mol. The van der Waals surface area contributed by atoms with Crippen LogP contribution in [0.2, 0.25) is 0 Å². The zero-order valence-electron chi connectivity index (χ0n) is 19.2. The molecule has 0 aliphatic carbocycles. The second-order valence-electron chi connectivity index (χ2n) is 8.60. The average Bonchev–Trinajstić information content (AvgIpc) is 3.27. The summed E-state index contributed by atoms with van der Waals surface area (Å²) in [6, 6.07) is 19.8. The van der Waals surface area contributed by atoms with Gasteiger partial charge in [0.2, 0.25) is 10.0 Å². The van der Waals surface area contributed by atoms with E-state index in [1.807, 2.05) is 36.4 Å². The van der Waals surface area contributed by atoms with Gasteiger partial charge in [0.15, 0.2) is 0 Å². The Morgan fingerprint density at radius 1 is 0.914 bits per heavy atom. The highest BCUT2D eigenvalue weighted by atomic mass is 32.2. The van der Waals surface area contributed by atoms with Crippen molar-refractivity contribution in [3.63, 3.8) is 0 Å². The molecule has 4 rings (SSSR count). The quantitative estimate of drug-likeness (QED) is 0.439. The van der Waals surface area contributed by atoms with Crippen molar-refractivity contribution in [3.05, 3.63) is 78.4 Å². The lowest BCUT2D eigenvalue weighted by molar-refractivity contribution is -0.140. The topological polar surface area (TPSA) is 125 Å². The molecule has 0 unspecified atom stereocenters. The molecule has 1 atom stereocenters. The highest BCUT2D eigenvalue weighted by molar-refractivity contribution is 7.89. The minimum Gasteiger partial charge on any atom is -0.480 e. The molecule has 0 fully saturated rings. The first-order valence-electron chi connectivity index (χ1n) is 11.1. The molecule has 180 valence electrons. The number of carboxylic acid groups (broad SMARTS) is 1. The molecule has 0 saturated heterocycles. The monoisotopic (exact) mass is 491 g/mol. The molecule has 0 aromatic heterocycles. The summed E-state index contributed by atoms with van der Waals surface area (Å²) in [6.07, 6.45) is 0.495. The molecule has 0 bridgehead atoms. The van der Waals surface area contributed by atoms with Crippen molar-refractivity contribution in [3.8, 4) is 11.1 Å². The number of fused-ring (bicyclic) bond motifs is 1. The first-order valence-corrected chi connectivity index (χ1v) is 12.5. The number of hydrogen-bond donors (Lipinski definition) is 3. The minimum absolute atomic E-state index is 0.0182. The highest BCUT2D eigenvalue weighted by Crippen LogP contribution is 2.27. The number of para-hydroxylation sites is 1. The van der Waals surface area contributed by atoms with Crippen LogP contribution in [0.1, 0.15) is 19.4 Å². The zero-order valence-corrected chi connectivity index (χ0v) is 20.0. The Morgan fingerprint density at radius 3 is 2.09 bits per heavy atom. The maximum Gasteiger partial charge on any atom is 0.322 e. The SMILES string of the molecule is CC(C)[C@@H](NS(=O)(=O)c1ccc(-c2ccc(NC(=O)C3=Nc4ccccc4C3)cc2)cc1)C(=O)O. The molecule has 3 aromatic rings. The minimum atomic E-state index is -3.99. The van der Waals surface area contributed by atoms with E-state index in [-0.39, 0.29) is 10.8 Å². The van der Waals surface area contributed by atoms with Gasteiger partial charge in [-0.25, -0.2) is 13.4 Å². The lowest BCUT2D eigenvalue weighted by Crippen LogP contribution is -2.44. The molecule has 35 heavy (non-hydrogen) atoms. The summed E-state index contributed by atoms with van der Waals surface area (Å²) in [5, 5.41) is 12.1. The van der Waals surface area contributed by atoms with Crippen LogP contribution in [-0.4, -0.2) is 37.2 Å². The summed E-state index contributed by atoms with van der Waals surface area (Å²) < 4.78 is 27.5. The van der Waals surface area contributed by atoms with E-state index in [0.29, 0.717) is 17.8 Å². The summed E-state index contributed by atoms with van der Waals surface area (Å²) in [7, 11) is -3.99. The molecule has 0 saturated carbocycles. The maximum atomic E-state index is 12.6. The number of sulfonamides is 1. The van der Waals surface area contributed by atoms with Crippen molar-refractivity contribution >= 4 is 39.0 Å². The average molecular weight is 492 g/mol. The maximum absolute atomic E-state index is 12.6. The van der Waals surface area contributed by atoms with Gasteiger partial charge in [-0.15, -0.1) is 0 Å². The number of nitrogens with one attached hydrogen (secondary N) is 2. The lowest BCUT2D eigenvalue weighted by Gasteiger charge is -2.18. The third-order valence-electron chi connectivity index (χ3n) is 5.72. The normalized spacial score (nSPS) is 13.7. The van der Waals surface area contributed by atoms with E-state index < -0.39 is 28.0 Å². The van der Waals surface area contributed by atoms with Crippen LogP contribution in [0.3, 0.4) is 0 Å². The van der Waals surface area contributed by atoms with Crippen molar-refractivity contribution in [2.45, 2.75) is 31.2 Å². The van der Waals surface area contributed by atoms with Gasteiger partial charge < -0.3 is 10.4 Å². The molecule has 3 N–H and O–H groups in total. The Bertz CT molecular complexity index is 1400. The highest BCUT2D eigenvalue weighted by Gasteiger charge is 2.28. The second-order valence-corrected chi connectivity index (χ2v) is 10.3. The van der Waals surface area contributed by atoms with Gasteiger partial charge in [-0.05, 0) is 52.9 Å². The number of rotatable bonds is 8. The van der Waals surface area contributed by atoms with Crippen molar-refractivity contribution in [1.29, 1.82) is 0 Å². The Morgan fingerprint density at radius 2 is 1.51 bits per heavy atom. The van der Waals surface area contributed by atoms with Gasteiger partial charge in [-0.1, -0.05) is 56.3 Å². The molecule has 0 spiro atoms. The molecule has 1 amide bonds. The van der Waals surface area contributed by atoms with Gasteiger partial charge in [0, 0.05) is 12.1 Å². The summed E-state index contributed by atoms with van der Waals surface area (Å²) in [5.74, 6) is -1.88. The number of aliphatic carboxylic acids is 1. The number of hydrogen-bond acceptors (Lipinski definition) is 5. The molecule has 8 nitrogen and oxygen atoms in total. The first-order chi connectivity index (χ1) is 16.6. The fourth-order valence-corrected chi connectivity index (χ4v) is 5.09. The third kappa shape index (κ3) is 5.47. The second kappa shape index (κ2) is 9.81. The third-order valence-corrected chi connectivity index (χ3v) is 7.18. The summed E-state index contributed by atoms with van der Waals surface area (Å²) in [4.78, 5) is 28.3. The van der Waals surface area contributed by atoms with Crippen LogP contribution < -0.4 is 10.0 Å². The lowest BCUT2D eigenvalue weighted by atomic mass is 10.1. The van der Waals surface area contributed by atoms with Crippen LogP contribution >= 0.6 is 0 Å². The summed E-state index contributed by atoms with van der Waals surface area (Å²) >= 11 is 0. The Balaban J connectivity index is 1.42. The van der Waals surface area contributed by atoms with Gasteiger partial charge in [0.1, 0.15) is 11.8 Å². The van der Waals surface area contributed by atoms with Crippen molar-refractivity contribution in [1.82, 2.24) is 4.72 Å². The van der Waals surface area contributed by atoms with Crippen LogP contribution in [0.4, 0.5) is 11.4 Å². The molecule has 9 heteroatoms. The van der Waals surface area contributed by atoms with Crippen LogP contribution in [0.15, 0.2) is 82.7 Å². The molecule has 0 radical (unpaired) electrons. The molecule has 1 aliphatic heterocycles. The summed E-state index contributed by atoms with van der Waals surface area (Å²) in [6.45, 7) is 3.27. The standard InChI is InChI=1S/C26H25N3O5S/c1-16(2)24(26(31)32)29-35(33,34)21-13-9-18(10-14-21)17-7-11-20(12-8-17)27-25(30)23-15-19-5-3-4-6-22(19)28-23/h3-14,16,24,29H,15H2,1-2H3,(H,27,30)(H,31,32)/t24-/m1/s1. The van der Waals surface area contributed by atoms with E-state index in [9.17, 15) is 23.1 Å². The molecular weight excluding hydrogens is 466 g/mol. The van der Waals surface area contributed by atoms with Gasteiger partial charge in [-0.2, -0.15) is 4.72 Å². The van der Waals surface area contributed by atoms with Crippen LogP contribution in [0.5, 0.6) is 0 Å². The number of nitrogens with zero attached hydrogens (tertiary/aromatic N) is 1. The predicted octanol–water partition coefficient (Wildman–Crippen LogP) is 4.01. The molecule has 3 aromatic carbocycles. The molecular formula is C26H25N3O5S. The van der Waals surface area contributed by atoms with Crippen molar-refractivity contribution < 1.29 is 23.1 Å². The van der Waals surface area contributed by atoms with E-state index in [2.05, 4.69) is 15.0 Å². The fourth-order valence-electron chi connectivity index (χ4n) is 3.75. The van der Waals surface area contributed by atoms with E-state index in [4.69, 9.17) is 0 Å². The number of benzene rings is 3. The number of amides is 1. The number of anilines is 1. The van der Waals surface area contributed by atoms with Gasteiger partial charge >= 0.3 is 5.97 Å². The molecule has 1 aliphatic rings. The van der Waals surface area contributed by atoms with E-state index in [1.165, 1.54) is 12.1 Å². The van der Waals surface area contributed by atoms with E-state index in [0.717, 1.165) is 22.4 Å². The smallest absolute Gasteiger partial charge is 0.322 e. The van der Waals surface area contributed by atoms with Crippen LogP contribution in [-0.2, 0) is 26.0 Å². The van der Waals surface area contributed by atoms with E-state index >= 15 is 0 Å². The number of carboxylic acids is 1. The summed E-state index contributed by atoms with van der Waals surface area (Å²) in [5.41, 5.74) is 4.53. The number of carbonyl (C=O) groups is 2. The van der Waals surface area contributed by atoms with Gasteiger partial charge in [-0.3, -0.25) is 9.59 Å². The van der Waals surface area contributed by atoms with Gasteiger partial charge in [0.05, 0.1) is 10.6 Å². The Labute approximate surface area is 203 Å². The van der Waals surface area contributed by atoms with Crippen LogP contribution in [0.25, 0.3) is 11.1 Å². The molecule has 1 heterocycles. The van der Waals surface area contributed by atoms with Crippen molar-refractivity contribution in [2.24, 2.45) is 10.9 Å². The zero-order chi connectivity index (χ0) is 25.2. The largest absolute Gasteiger partial charge is 0.480 e. The number of carbonyl (C=O) groups excluding carboxylic acids is 1. The first kappa shape index (κ1) is 24.3. The Kier molecular flexibility index (Phi) is 6.81. The van der Waals surface area contributed by atoms with Gasteiger partial charge in [0.25, 0.3) is 5.91 Å². The fraction of sp³-hybridized carbons (Fsp3) is 0.192. The van der Waals surface area contributed by atoms with Crippen molar-refractivity contribution in [2.75, 3.05) is 5.32 Å². The van der Waals surface area contributed by atoms with Crippen LogP contribution in [0, 0.1) is 5.92 Å². The number of aliphatic imine (C=N–C) groups is 1. The Hall–Kier alpha value is -3.82. The van der Waals surface area contributed by atoms with E-state index in [1.54, 1.807) is 38.1 Å².